The van der Waals surface area contributed by atoms with Gasteiger partial charge in [-0.15, -0.1) is 5.10 Å². The third kappa shape index (κ3) is 4.28. The second kappa shape index (κ2) is 7.65. The molecule has 140 valence electrons. The number of alkyl halides is 3. The molecule has 27 heavy (non-hydrogen) atoms. The van der Waals surface area contributed by atoms with E-state index in [2.05, 4.69) is 31.5 Å². The number of ether oxygens (including phenoxy) is 1. The lowest BCUT2D eigenvalue weighted by Gasteiger charge is -2.14. The molecule has 0 fully saturated rings. The summed E-state index contributed by atoms with van der Waals surface area (Å²) in [6.07, 6.45) is -4.05. The number of tetrazole rings is 1. The summed E-state index contributed by atoms with van der Waals surface area (Å²) in [6, 6.07) is 8.02. The smallest absolute Gasteiger partial charge is 0.418 e. The first kappa shape index (κ1) is 19.3. The lowest BCUT2D eigenvalue weighted by molar-refractivity contribution is -0.137. The highest BCUT2D eigenvalue weighted by atomic mass is 79.9. The van der Waals surface area contributed by atoms with E-state index in [4.69, 9.17) is 16.3 Å². The Morgan fingerprint density at radius 3 is 2.70 bits per heavy atom. The second-order valence-electron chi connectivity index (χ2n) is 5.25. The first-order valence-corrected chi connectivity index (χ1v) is 8.48. The van der Waals surface area contributed by atoms with Gasteiger partial charge in [0.2, 0.25) is 0 Å². The lowest BCUT2D eigenvalue weighted by atomic mass is 10.1. The Morgan fingerprint density at radius 2 is 2.00 bits per heavy atom. The van der Waals surface area contributed by atoms with Crippen LogP contribution in [0.4, 0.5) is 13.2 Å². The molecule has 0 radical (unpaired) electrons. The van der Waals surface area contributed by atoms with E-state index in [1.54, 1.807) is 18.2 Å². The molecule has 0 aliphatic rings. The first-order valence-electron chi connectivity index (χ1n) is 7.31. The summed E-state index contributed by atoms with van der Waals surface area (Å²) in [6.45, 7) is -0.255. The fraction of sp³-hybridized carbons (Fsp3) is 0.125. The van der Waals surface area contributed by atoms with Gasteiger partial charge >= 0.3 is 6.18 Å². The van der Waals surface area contributed by atoms with E-state index in [9.17, 15) is 18.0 Å². The van der Waals surface area contributed by atoms with Crippen LogP contribution in [0.25, 0.3) is 5.69 Å². The Kier molecular flexibility index (Phi) is 5.47. The van der Waals surface area contributed by atoms with Crippen LogP contribution < -0.4 is 4.74 Å². The van der Waals surface area contributed by atoms with Crippen molar-refractivity contribution in [2.75, 3.05) is 0 Å². The van der Waals surface area contributed by atoms with E-state index in [1.807, 2.05) is 0 Å². The molecule has 0 bridgehead atoms. The van der Waals surface area contributed by atoms with Crippen molar-refractivity contribution in [3.05, 3.63) is 62.8 Å². The average Bonchev–Trinajstić information content (AvgIpc) is 3.08. The zero-order chi connectivity index (χ0) is 19.6. The van der Waals surface area contributed by atoms with Crippen molar-refractivity contribution in [1.82, 2.24) is 20.2 Å². The van der Waals surface area contributed by atoms with Gasteiger partial charge in [-0.3, -0.25) is 4.79 Å². The Balaban J connectivity index is 1.93. The van der Waals surface area contributed by atoms with Crippen LogP contribution in [0.15, 0.2) is 40.9 Å². The number of carbonyl (C=O) groups excluding carboxylic acids is 1. The minimum atomic E-state index is -4.65. The van der Waals surface area contributed by atoms with E-state index in [1.165, 1.54) is 12.1 Å². The highest BCUT2D eigenvalue weighted by Crippen LogP contribution is 2.35. The van der Waals surface area contributed by atoms with Gasteiger partial charge in [0.15, 0.2) is 12.1 Å². The van der Waals surface area contributed by atoms with Crippen LogP contribution in [0.3, 0.4) is 0 Å². The van der Waals surface area contributed by atoms with E-state index < -0.39 is 11.7 Å². The Labute approximate surface area is 164 Å². The molecule has 0 unspecified atom stereocenters. The maximum absolute atomic E-state index is 13.3. The molecular formula is C16H9BrClF3N4O2. The monoisotopic (exact) mass is 460 g/mol. The first-order chi connectivity index (χ1) is 12.8. The number of rotatable bonds is 5. The third-order valence-corrected chi connectivity index (χ3v) is 4.21. The fourth-order valence-electron chi connectivity index (χ4n) is 2.29. The van der Waals surface area contributed by atoms with Crippen LogP contribution in [0.2, 0.25) is 5.02 Å². The zero-order valence-electron chi connectivity index (χ0n) is 13.2. The maximum atomic E-state index is 13.3. The van der Waals surface area contributed by atoms with Crippen LogP contribution in [0, 0.1) is 0 Å². The van der Waals surface area contributed by atoms with Gasteiger partial charge in [0.05, 0.1) is 16.8 Å². The number of aldehydes is 1. The molecule has 3 rings (SSSR count). The predicted octanol–water partition coefficient (Wildman–Crippen LogP) is 4.49. The standard InChI is InChI=1S/C16H9BrClF3N4O2/c17-10-1-4-14(9(5-10)7-26)27-8-15-22-23-24-25(15)13-3-2-11(18)6-12(13)16(19,20)21/h1-7H,8H2. The third-order valence-electron chi connectivity index (χ3n) is 3.48. The number of nitrogens with zero attached hydrogens (tertiary/aromatic N) is 4. The summed E-state index contributed by atoms with van der Waals surface area (Å²) < 4.78 is 47.1. The van der Waals surface area contributed by atoms with Gasteiger partial charge in [-0.05, 0) is 46.8 Å². The average molecular weight is 462 g/mol. The molecule has 1 heterocycles. The number of aromatic nitrogens is 4. The molecule has 0 amide bonds. The van der Waals surface area contributed by atoms with Crippen molar-refractivity contribution >= 4 is 33.8 Å². The molecule has 2 aromatic carbocycles. The molecule has 0 aliphatic carbocycles. The highest BCUT2D eigenvalue weighted by molar-refractivity contribution is 9.10. The summed E-state index contributed by atoms with van der Waals surface area (Å²) >= 11 is 8.92. The van der Waals surface area contributed by atoms with Crippen molar-refractivity contribution in [2.45, 2.75) is 12.8 Å². The quantitative estimate of drug-likeness (QED) is 0.524. The second-order valence-corrected chi connectivity index (χ2v) is 6.61. The van der Waals surface area contributed by atoms with E-state index >= 15 is 0 Å². The van der Waals surface area contributed by atoms with Crippen molar-refractivity contribution < 1.29 is 22.7 Å². The molecule has 0 atom stereocenters. The Bertz CT molecular complexity index is 994. The van der Waals surface area contributed by atoms with Crippen LogP contribution >= 0.6 is 27.5 Å². The van der Waals surface area contributed by atoms with Gasteiger partial charge in [-0.2, -0.15) is 17.9 Å². The number of benzene rings is 2. The summed E-state index contributed by atoms with van der Waals surface area (Å²) in [5.74, 6) is 0.262. The molecule has 6 nitrogen and oxygen atoms in total. The van der Waals surface area contributed by atoms with Crippen LogP contribution in [0.5, 0.6) is 5.75 Å². The molecular weight excluding hydrogens is 453 g/mol. The van der Waals surface area contributed by atoms with Crippen molar-refractivity contribution in [3.63, 3.8) is 0 Å². The Hall–Kier alpha value is -2.46. The molecule has 3 aromatic rings. The van der Waals surface area contributed by atoms with Gasteiger partial charge < -0.3 is 4.74 Å². The summed E-state index contributed by atoms with van der Waals surface area (Å²) in [4.78, 5) is 11.1. The molecule has 0 saturated heterocycles. The molecule has 0 N–H and O–H groups in total. The molecule has 0 spiro atoms. The molecule has 0 aliphatic heterocycles. The van der Waals surface area contributed by atoms with Crippen LogP contribution in [-0.4, -0.2) is 26.5 Å². The molecule has 0 saturated carbocycles. The summed E-state index contributed by atoms with van der Waals surface area (Å²) in [7, 11) is 0. The molecule has 11 heteroatoms. The highest BCUT2D eigenvalue weighted by Gasteiger charge is 2.35. The maximum Gasteiger partial charge on any atom is 0.418 e. The van der Waals surface area contributed by atoms with Gasteiger partial charge in [0.25, 0.3) is 0 Å². The number of hydrogen-bond donors (Lipinski definition) is 0. The van der Waals surface area contributed by atoms with Crippen molar-refractivity contribution in [1.29, 1.82) is 0 Å². The molecule has 1 aromatic heterocycles. The minimum absolute atomic E-state index is 0.0163. The van der Waals surface area contributed by atoms with Gasteiger partial charge in [0, 0.05) is 9.50 Å². The number of carbonyl (C=O) groups is 1. The van der Waals surface area contributed by atoms with Crippen LogP contribution in [0.1, 0.15) is 21.7 Å². The largest absolute Gasteiger partial charge is 0.485 e. The predicted molar refractivity (Wildman–Crippen MR) is 93.0 cm³/mol. The van der Waals surface area contributed by atoms with Gasteiger partial charge in [-0.1, -0.05) is 27.5 Å². The fourth-order valence-corrected chi connectivity index (χ4v) is 2.84. The van der Waals surface area contributed by atoms with Crippen molar-refractivity contribution in [3.8, 4) is 11.4 Å². The summed E-state index contributed by atoms with van der Waals surface area (Å²) in [5, 5.41) is 10.7. The minimum Gasteiger partial charge on any atom is -0.485 e. The summed E-state index contributed by atoms with van der Waals surface area (Å²) in [5.41, 5.74) is -1.01. The van der Waals surface area contributed by atoms with Crippen LogP contribution in [-0.2, 0) is 12.8 Å². The zero-order valence-corrected chi connectivity index (χ0v) is 15.6. The van der Waals surface area contributed by atoms with E-state index in [0.717, 1.165) is 10.7 Å². The lowest BCUT2D eigenvalue weighted by Crippen LogP contribution is -2.14. The van der Waals surface area contributed by atoms with Gasteiger partial charge in [0.1, 0.15) is 12.4 Å². The van der Waals surface area contributed by atoms with E-state index in [0.29, 0.717) is 10.8 Å². The Morgan fingerprint density at radius 1 is 1.22 bits per heavy atom. The van der Waals surface area contributed by atoms with E-state index in [-0.39, 0.29) is 34.5 Å². The van der Waals surface area contributed by atoms with Crippen molar-refractivity contribution in [2.24, 2.45) is 0 Å². The van der Waals surface area contributed by atoms with Gasteiger partial charge in [-0.25, -0.2) is 0 Å². The normalized spacial score (nSPS) is 11.4. The number of hydrogen-bond acceptors (Lipinski definition) is 5. The topological polar surface area (TPSA) is 69.9 Å². The number of halogens is 5. The SMILES string of the molecule is O=Cc1cc(Br)ccc1OCc1nnnn1-c1ccc(Cl)cc1C(F)(F)F.